The third kappa shape index (κ3) is 1.93. The van der Waals surface area contributed by atoms with Gasteiger partial charge in [0.25, 0.3) is 0 Å². The molecular formula is C12H18N4. The van der Waals surface area contributed by atoms with Crippen LogP contribution < -0.4 is 5.32 Å². The number of hydrogen-bond donors (Lipinski definition) is 1. The van der Waals surface area contributed by atoms with E-state index in [4.69, 9.17) is 0 Å². The minimum atomic E-state index is 0.393. The molecule has 2 aromatic heterocycles. The molecule has 1 N–H and O–H groups in total. The molecule has 1 atom stereocenters. The van der Waals surface area contributed by atoms with Crippen molar-refractivity contribution in [3.63, 3.8) is 0 Å². The standard InChI is InChI=1S/C12H18N4/c1-4-10(8-13-3)12-14-11-7-5-6-9(2)16(11)15-12/h5-7,10,13H,4,8H2,1-3H3. The van der Waals surface area contributed by atoms with Crippen LogP contribution in [0.5, 0.6) is 0 Å². The van der Waals surface area contributed by atoms with Crippen molar-refractivity contribution in [2.45, 2.75) is 26.2 Å². The molecule has 1 unspecified atom stereocenters. The number of aromatic nitrogens is 3. The van der Waals surface area contributed by atoms with Gasteiger partial charge in [0, 0.05) is 18.2 Å². The smallest absolute Gasteiger partial charge is 0.156 e. The third-order valence-corrected chi connectivity index (χ3v) is 2.87. The first kappa shape index (κ1) is 11.1. The van der Waals surface area contributed by atoms with Gasteiger partial charge in [-0.25, -0.2) is 9.50 Å². The zero-order chi connectivity index (χ0) is 11.5. The molecule has 0 radical (unpaired) electrons. The Kier molecular flexibility index (Phi) is 3.19. The largest absolute Gasteiger partial charge is 0.319 e. The Balaban J connectivity index is 2.42. The molecule has 86 valence electrons. The van der Waals surface area contributed by atoms with Gasteiger partial charge in [0.1, 0.15) is 0 Å². The Labute approximate surface area is 95.7 Å². The first-order valence-corrected chi connectivity index (χ1v) is 5.73. The third-order valence-electron chi connectivity index (χ3n) is 2.87. The summed E-state index contributed by atoms with van der Waals surface area (Å²) in [5, 5.41) is 7.75. The zero-order valence-electron chi connectivity index (χ0n) is 10.1. The number of pyridine rings is 1. The molecule has 2 heterocycles. The number of aryl methyl sites for hydroxylation is 1. The molecule has 0 aliphatic heterocycles. The summed E-state index contributed by atoms with van der Waals surface area (Å²) in [4.78, 5) is 4.58. The fourth-order valence-electron chi connectivity index (χ4n) is 1.89. The number of likely N-dealkylation sites (N-methyl/N-ethyl adjacent to an activating group) is 1. The minimum absolute atomic E-state index is 0.393. The van der Waals surface area contributed by atoms with E-state index in [2.05, 4.69) is 22.3 Å². The van der Waals surface area contributed by atoms with Crippen LogP contribution in [0.1, 0.15) is 30.8 Å². The summed E-state index contributed by atoms with van der Waals surface area (Å²) >= 11 is 0. The van der Waals surface area contributed by atoms with Gasteiger partial charge >= 0.3 is 0 Å². The van der Waals surface area contributed by atoms with E-state index < -0.39 is 0 Å². The number of nitrogens with one attached hydrogen (secondary N) is 1. The minimum Gasteiger partial charge on any atom is -0.319 e. The van der Waals surface area contributed by atoms with Crippen molar-refractivity contribution >= 4 is 5.65 Å². The molecule has 2 rings (SSSR count). The highest BCUT2D eigenvalue weighted by atomic mass is 15.3. The Hall–Kier alpha value is -1.42. The van der Waals surface area contributed by atoms with Gasteiger partial charge in [0.15, 0.2) is 11.5 Å². The molecule has 2 aromatic rings. The molecule has 4 heteroatoms. The highest BCUT2D eigenvalue weighted by molar-refractivity contribution is 5.39. The van der Waals surface area contributed by atoms with E-state index in [0.717, 1.165) is 30.1 Å². The van der Waals surface area contributed by atoms with Crippen LogP contribution in [-0.2, 0) is 0 Å². The van der Waals surface area contributed by atoms with Crippen molar-refractivity contribution in [1.82, 2.24) is 19.9 Å². The summed E-state index contributed by atoms with van der Waals surface area (Å²) in [7, 11) is 1.96. The molecule has 0 fully saturated rings. The van der Waals surface area contributed by atoms with E-state index in [-0.39, 0.29) is 0 Å². The van der Waals surface area contributed by atoms with Crippen LogP contribution in [0.25, 0.3) is 5.65 Å². The second kappa shape index (κ2) is 4.61. The van der Waals surface area contributed by atoms with Gasteiger partial charge in [-0.2, -0.15) is 5.10 Å². The van der Waals surface area contributed by atoms with Crippen molar-refractivity contribution < 1.29 is 0 Å². The van der Waals surface area contributed by atoms with Crippen molar-refractivity contribution in [1.29, 1.82) is 0 Å². The number of hydrogen-bond acceptors (Lipinski definition) is 3. The molecule has 0 spiro atoms. The zero-order valence-corrected chi connectivity index (χ0v) is 10.1. The maximum atomic E-state index is 4.58. The molecule has 4 nitrogen and oxygen atoms in total. The van der Waals surface area contributed by atoms with E-state index >= 15 is 0 Å². The molecular weight excluding hydrogens is 200 g/mol. The lowest BCUT2D eigenvalue weighted by atomic mass is 10.1. The summed E-state index contributed by atoms with van der Waals surface area (Å²) in [5.41, 5.74) is 2.06. The quantitative estimate of drug-likeness (QED) is 0.850. The van der Waals surface area contributed by atoms with E-state index in [1.54, 1.807) is 0 Å². The van der Waals surface area contributed by atoms with Crippen LogP contribution >= 0.6 is 0 Å². The van der Waals surface area contributed by atoms with Crippen molar-refractivity contribution in [3.8, 4) is 0 Å². The van der Waals surface area contributed by atoms with Gasteiger partial charge in [-0.3, -0.25) is 0 Å². The average molecular weight is 218 g/mol. The number of fused-ring (bicyclic) bond motifs is 1. The first-order chi connectivity index (χ1) is 7.76. The summed E-state index contributed by atoms with van der Waals surface area (Å²) < 4.78 is 1.91. The molecule has 0 saturated carbocycles. The Morgan fingerprint density at radius 1 is 1.44 bits per heavy atom. The topological polar surface area (TPSA) is 42.2 Å². The highest BCUT2D eigenvalue weighted by Gasteiger charge is 2.14. The second-order valence-electron chi connectivity index (χ2n) is 4.07. The molecule has 0 aliphatic rings. The van der Waals surface area contributed by atoms with E-state index in [0.29, 0.717) is 5.92 Å². The van der Waals surface area contributed by atoms with Crippen LogP contribution in [0, 0.1) is 6.92 Å². The van der Waals surface area contributed by atoms with Gasteiger partial charge in [-0.1, -0.05) is 13.0 Å². The normalized spacial score (nSPS) is 13.2. The fourth-order valence-corrected chi connectivity index (χ4v) is 1.89. The maximum Gasteiger partial charge on any atom is 0.156 e. The Bertz CT molecular complexity index is 475. The lowest BCUT2D eigenvalue weighted by Crippen LogP contribution is -2.17. The summed E-state index contributed by atoms with van der Waals surface area (Å²) in [6.07, 6.45) is 1.05. The Morgan fingerprint density at radius 3 is 2.88 bits per heavy atom. The van der Waals surface area contributed by atoms with Gasteiger partial charge in [0.05, 0.1) is 0 Å². The predicted octanol–water partition coefficient (Wildman–Crippen LogP) is 1.75. The average Bonchev–Trinajstić information content (AvgIpc) is 2.71. The molecule has 16 heavy (non-hydrogen) atoms. The summed E-state index contributed by atoms with van der Waals surface area (Å²) in [6.45, 7) is 5.14. The van der Waals surface area contributed by atoms with Crippen LogP contribution in [0.15, 0.2) is 18.2 Å². The molecule has 0 bridgehead atoms. The SMILES string of the molecule is CCC(CNC)c1nc2cccc(C)n2n1. The van der Waals surface area contributed by atoms with Gasteiger partial charge in [-0.15, -0.1) is 0 Å². The van der Waals surface area contributed by atoms with E-state index in [9.17, 15) is 0 Å². The van der Waals surface area contributed by atoms with Crippen LogP contribution in [-0.4, -0.2) is 28.2 Å². The van der Waals surface area contributed by atoms with Gasteiger partial charge < -0.3 is 5.32 Å². The van der Waals surface area contributed by atoms with Crippen molar-refractivity contribution in [2.24, 2.45) is 0 Å². The van der Waals surface area contributed by atoms with E-state index in [1.807, 2.05) is 36.7 Å². The van der Waals surface area contributed by atoms with Crippen LogP contribution in [0.4, 0.5) is 0 Å². The second-order valence-corrected chi connectivity index (χ2v) is 4.07. The molecule has 0 aromatic carbocycles. The predicted molar refractivity (Wildman–Crippen MR) is 64.7 cm³/mol. The van der Waals surface area contributed by atoms with Crippen LogP contribution in [0.2, 0.25) is 0 Å². The summed E-state index contributed by atoms with van der Waals surface area (Å²) in [6, 6.07) is 6.06. The van der Waals surface area contributed by atoms with Gasteiger partial charge in [0.2, 0.25) is 0 Å². The first-order valence-electron chi connectivity index (χ1n) is 5.73. The highest BCUT2D eigenvalue weighted by Crippen LogP contribution is 2.16. The lowest BCUT2D eigenvalue weighted by molar-refractivity contribution is 0.579. The fraction of sp³-hybridized carbons (Fsp3) is 0.500. The summed E-state index contributed by atoms with van der Waals surface area (Å²) in [5.74, 6) is 1.33. The Morgan fingerprint density at radius 2 is 2.25 bits per heavy atom. The van der Waals surface area contributed by atoms with Crippen LogP contribution in [0.3, 0.4) is 0 Å². The maximum absolute atomic E-state index is 4.58. The van der Waals surface area contributed by atoms with Crippen molar-refractivity contribution in [3.05, 3.63) is 29.7 Å². The number of nitrogens with zero attached hydrogens (tertiary/aromatic N) is 3. The lowest BCUT2D eigenvalue weighted by Gasteiger charge is -2.08. The molecule has 0 aliphatic carbocycles. The number of rotatable bonds is 4. The molecule has 0 saturated heterocycles. The van der Waals surface area contributed by atoms with E-state index in [1.165, 1.54) is 0 Å². The molecule has 0 amide bonds. The van der Waals surface area contributed by atoms with Gasteiger partial charge in [-0.05, 0) is 32.5 Å². The monoisotopic (exact) mass is 218 g/mol. The van der Waals surface area contributed by atoms with Crippen molar-refractivity contribution in [2.75, 3.05) is 13.6 Å².